The zero-order valence-electron chi connectivity index (χ0n) is 16.2. The smallest absolute Gasteiger partial charge is 0.341 e. The summed E-state index contributed by atoms with van der Waals surface area (Å²) in [6.07, 6.45) is 0. The van der Waals surface area contributed by atoms with Gasteiger partial charge < -0.3 is 14.7 Å². The summed E-state index contributed by atoms with van der Waals surface area (Å²) < 4.78 is 5.25. The Bertz CT molecular complexity index is 840. The van der Waals surface area contributed by atoms with E-state index in [0.29, 0.717) is 11.3 Å². The lowest BCUT2D eigenvalue weighted by molar-refractivity contribution is -0.139. The average Bonchev–Trinajstić information content (AvgIpc) is 2.66. The molecule has 1 fully saturated rings. The number of piperazine rings is 1. The van der Waals surface area contributed by atoms with E-state index >= 15 is 0 Å². The number of carboxylic acid groups (broad SMARTS) is 1. The largest absolute Gasteiger partial charge is 0.481 e. The number of hydrogen-bond donors (Lipinski definition) is 1. The third kappa shape index (κ3) is 5.07. The summed E-state index contributed by atoms with van der Waals surface area (Å²) in [7, 11) is 0. The zero-order valence-corrected chi connectivity index (χ0v) is 16.2. The Labute approximate surface area is 164 Å². The molecule has 1 aliphatic heterocycles. The van der Waals surface area contributed by atoms with Gasteiger partial charge in [0.15, 0.2) is 12.4 Å². The van der Waals surface area contributed by atoms with Crippen LogP contribution in [0.4, 0.5) is 5.69 Å². The molecule has 2 heterocycles. The van der Waals surface area contributed by atoms with Gasteiger partial charge in [-0.2, -0.15) is 0 Å². The van der Waals surface area contributed by atoms with E-state index < -0.39 is 12.6 Å². The second-order valence-corrected chi connectivity index (χ2v) is 6.97. The number of anilines is 1. The topological polar surface area (TPSA) is 83.0 Å². The molecule has 1 aromatic heterocycles. The van der Waals surface area contributed by atoms with Gasteiger partial charge in [0, 0.05) is 43.3 Å². The molecule has 1 aromatic carbocycles. The van der Waals surface area contributed by atoms with E-state index in [1.165, 1.54) is 5.69 Å². The number of carboxylic acids is 1. The minimum Gasteiger partial charge on any atom is -0.481 e. The Morgan fingerprint density at radius 3 is 2.36 bits per heavy atom. The Balaban J connectivity index is 1.59. The molecular formula is C21H25N3O4. The normalized spacial score (nSPS) is 14.7. The summed E-state index contributed by atoms with van der Waals surface area (Å²) in [4.78, 5) is 32.3. The van der Waals surface area contributed by atoms with Gasteiger partial charge in [-0.05, 0) is 38.1 Å². The number of Topliss-reactive ketones (excluding diaryl/α,β-unsaturated/α-hetero) is 1. The van der Waals surface area contributed by atoms with Crippen LogP contribution < -0.4 is 9.64 Å². The van der Waals surface area contributed by atoms with Crippen molar-refractivity contribution in [2.75, 3.05) is 44.2 Å². The maximum absolute atomic E-state index is 12.7. The number of carbonyl (C=O) groups is 2. The number of hydrogen-bond acceptors (Lipinski definition) is 6. The zero-order chi connectivity index (χ0) is 20.1. The Hall–Kier alpha value is -2.93. The van der Waals surface area contributed by atoms with Gasteiger partial charge in [0.25, 0.3) is 0 Å². The molecule has 0 unspecified atom stereocenters. The predicted octanol–water partition coefficient (Wildman–Crippen LogP) is 2.17. The number of aryl methyl sites for hydroxylation is 2. The van der Waals surface area contributed by atoms with E-state index in [1.807, 2.05) is 13.8 Å². The Morgan fingerprint density at radius 1 is 1.07 bits per heavy atom. The lowest BCUT2D eigenvalue weighted by atomic mass is 10.1. The summed E-state index contributed by atoms with van der Waals surface area (Å²) in [5.41, 5.74) is 3.60. The highest BCUT2D eigenvalue weighted by Crippen LogP contribution is 2.21. The fraction of sp³-hybridized carbons (Fsp3) is 0.381. The van der Waals surface area contributed by atoms with Crippen LogP contribution in [0.3, 0.4) is 0 Å². The molecule has 0 atom stereocenters. The molecule has 1 aliphatic rings. The molecule has 3 rings (SSSR count). The van der Waals surface area contributed by atoms with Crippen molar-refractivity contribution in [1.82, 2.24) is 9.88 Å². The quantitative estimate of drug-likeness (QED) is 0.734. The van der Waals surface area contributed by atoms with E-state index in [9.17, 15) is 9.59 Å². The number of rotatable bonds is 7. The summed E-state index contributed by atoms with van der Waals surface area (Å²) in [5, 5.41) is 8.79. The highest BCUT2D eigenvalue weighted by Gasteiger charge is 2.22. The van der Waals surface area contributed by atoms with Crippen molar-refractivity contribution >= 4 is 17.4 Å². The van der Waals surface area contributed by atoms with Gasteiger partial charge in [-0.3, -0.25) is 14.7 Å². The molecule has 0 radical (unpaired) electrons. The summed E-state index contributed by atoms with van der Waals surface area (Å²) in [6.45, 7) is 7.06. The number of para-hydroxylation sites is 1. The van der Waals surface area contributed by atoms with Crippen LogP contribution in [0.5, 0.6) is 5.75 Å². The van der Waals surface area contributed by atoms with E-state index in [-0.39, 0.29) is 12.3 Å². The predicted molar refractivity (Wildman–Crippen MR) is 106 cm³/mol. The van der Waals surface area contributed by atoms with E-state index in [1.54, 1.807) is 24.3 Å². The fourth-order valence-corrected chi connectivity index (χ4v) is 3.41. The van der Waals surface area contributed by atoms with Gasteiger partial charge in [0.2, 0.25) is 0 Å². The molecule has 0 spiro atoms. The number of benzene rings is 1. The van der Waals surface area contributed by atoms with Crippen LogP contribution in [0.1, 0.15) is 21.7 Å². The molecule has 0 saturated carbocycles. The van der Waals surface area contributed by atoms with Gasteiger partial charge >= 0.3 is 5.97 Å². The molecule has 2 aromatic rings. The van der Waals surface area contributed by atoms with Crippen molar-refractivity contribution in [3.63, 3.8) is 0 Å². The lowest BCUT2D eigenvalue weighted by Crippen LogP contribution is -2.48. The second-order valence-electron chi connectivity index (χ2n) is 6.97. The van der Waals surface area contributed by atoms with Gasteiger partial charge in [-0.15, -0.1) is 0 Å². The number of nitrogens with zero attached hydrogens (tertiary/aromatic N) is 3. The van der Waals surface area contributed by atoms with Crippen LogP contribution in [-0.2, 0) is 4.79 Å². The van der Waals surface area contributed by atoms with Crippen LogP contribution in [-0.4, -0.2) is 66.1 Å². The first-order valence-electron chi connectivity index (χ1n) is 9.32. The Kier molecular flexibility index (Phi) is 6.26. The fourth-order valence-electron chi connectivity index (χ4n) is 3.41. The first-order valence-corrected chi connectivity index (χ1v) is 9.32. The summed E-state index contributed by atoms with van der Waals surface area (Å²) in [6, 6.07) is 11.0. The minimum atomic E-state index is -1.07. The average molecular weight is 383 g/mol. The summed E-state index contributed by atoms with van der Waals surface area (Å²) in [5.74, 6) is -0.818. The molecule has 7 heteroatoms. The van der Waals surface area contributed by atoms with Crippen LogP contribution in [0.2, 0.25) is 0 Å². The third-order valence-corrected chi connectivity index (χ3v) is 4.71. The number of pyridine rings is 1. The number of carbonyl (C=O) groups excluding carboxylic acids is 1. The van der Waals surface area contributed by atoms with E-state index in [0.717, 1.165) is 37.6 Å². The first kappa shape index (κ1) is 19.8. The molecule has 0 bridgehead atoms. The standard InChI is InChI=1S/C21H25N3O4/c1-15-11-17(12-16(2)22-15)24-9-7-23(8-10-24)13-19(25)18-5-3-4-6-20(18)28-14-21(26)27/h3-6,11-12H,7-10,13-14H2,1-2H3,(H,26,27). The summed E-state index contributed by atoms with van der Waals surface area (Å²) >= 11 is 0. The number of ketones is 1. The monoisotopic (exact) mass is 383 g/mol. The first-order chi connectivity index (χ1) is 13.4. The highest BCUT2D eigenvalue weighted by molar-refractivity contribution is 6.00. The maximum Gasteiger partial charge on any atom is 0.341 e. The van der Waals surface area contributed by atoms with Crippen LogP contribution in [0.25, 0.3) is 0 Å². The molecule has 0 aliphatic carbocycles. The minimum absolute atomic E-state index is 0.0648. The van der Waals surface area contributed by atoms with E-state index in [2.05, 4.69) is 26.9 Å². The maximum atomic E-state index is 12.7. The van der Waals surface area contributed by atoms with Crippen molar-refractivity contribution in [1.29, 1.82) is 0 Å². The molecule has 7 nitrogen and oxygen atoms in total. The van der Waals surface area contributed by atoms with Crippen LogP contribution in [0, 0.1) is 13.8 Å². The van der Waals surface area contributed by atoms with Crippen molar-refractivity contribution in [2.45, 2.75) is 13.8 Å². The Morgan fingerprint density at radius 2 is 1.71 bits per heavy atom. The SMILES string of the molecule is Cc1cc(N2CCN(CC(=O)c3ccccc3OCC(=O)O)CC2)cc(C)n1. The molecule has 28 heavy (non-hydrogen) atoms. The number of ether oxygens (including phenoxy) is 1. The second kappa shape index (κ2) is 8.84. The van der Waals surface area contributed by atoms with Crippen molar-refractivity contribution in [2.24, 2.45) is 0 Å². The van der Waals surface area contributed by atoms with Crippen molar-refractivity contribution in [3.8, 4) is 5.75 Å². The number of aromatic nitrogens is 1. The van der Waals surface area contributed by atoms with Crippen LogP contribution in [0.15, 0.2) is 36.4 Å². The lowest BCUT2D eigenvalue weighted by Gasteiger charge is -2.36. The van der Waals surface area contributed by atoms with Gasteiger partial charge in [-0.25, -0.2) is 4.79 Å². The van der Waals surface area contributed by atoms with Gasteiger partial charge in [0.05, 0.1) is 12.1 Å². The molecule has 0 amide bonds. The molecular weight excluding hydrogens is 358 g/mol. The molecule has 1 saturated heterocycles. The van der Waals surface area contributed by atoms with Crippen molar-refractivity contribution < 1.29 is 19.4 Å². The van der Waals surface area contributed by atoms with Crippen LogP contribution >= 0.6 is 0 Å². The van der Waals surface area contributed by atoms with Gasteiger partial charge in [0.1, 0.15) is 5.75 Å². The number of aliphatic carboxylic acids is 1. The van der Waals surface area contributed by atoms with E-state index in [4.69, 9.17) is 9.84 Å². The molecule has 148 valence electrons. The van der Waals surface area contributed by atoms with Crippen molar-refractivity contribution in [3.05, 3.63) is 53.3 Å². The highest BCUT2D eigenvalue weighted by atomic mass is 16.5. The third-order valence-electron chi connectivity index (χ3n) is 4.71. The molecule has 1 N–H and O–H groups in total. The van der Waals surface area contributed by atoms with Gasteiger partial charge in [-0.1, -0.05) is 12.1 Å².